The smallest absolute Gasteiger partial charge is 0.221 e. The van der Waals surface area contributed by atoms with Gasteiger partial charge in [0.25, 0.3) is 0 Å². The average molecular weight is 326 g/mol. The molecule has 0 saturated heterocycles. The minimum absolute atomic E-state index is 0.124. The third-order valence-corrected chi connectivity index (χ3v) is 4.86. The number of rotatable bonds is 4. The van der Waals surface area contributed by atoms with Gasteiger partial charge in [-0.25, -0.2) is 4.98 Å². The van der Waals surface area contributed by atoms with Crippen molar-refractivity contribution in [1.82, 2.24) is 25.2 Å². The summed E-state index contributed by atoms with van der Waals surface area (Å²) < 4.78 is 2.31. The van der Waals surface area contributed by atoms with E-state index in [0.717, 1.165) is 5.69 Å². The van der Waals surface area contributed by atoms with Crippen LogP contribution in [0.2, 0.25) is 5.15 Å². The third-order valence-electron chi connectivity index (χ3n) is 2.39. The van der Waals surface area contributed by atoms with Gasteiger partial charge in [-0.1, -0.05) is 29.8 Å². The first kappa shape index (κ1) is 13.5. The molecule has 1 N–H and O–H groups in total. The summed E-state index contributed by atoms with van der Waals surface area (Å²) in [5, 5.41) is 21.6. The van der Waals surface area contributed by atoms with Crippen molar-refractivity contribution in [1.29, 1.82) is 0 Å². The molecule has 20 heavy (non-hydrogen) atoms. The lowest BCUT2D eigenvalue weighted by Gasteiger charge is -2.01. The average Bonchev–Trinajstić information content (AvgIpc) is 3.06. The maximum atomic E-state index is 9.12. The predicted octanol–water partition coefficient (Wildman–Crippen LogP) is 2.42. The van der Waals surface area contributed by atoms with Gasteiger partial charge in [0.1, 0.15) is 5.15 Å². The van der Waals surface area contributed by atoms with Gasteiger partial charge in [-0.2, -0.15) is 4.68 Å². The molecule has 1 aromatic carbocycles. The minimum atomic E-state index is -0.124. The highest BCUT2D eigenvalue weighted by Crippen LogP contribution is 2.34. The molecule has 0 atom stereocenters. The number of nitrogens with zero attached hydrogens (tertiary/aromatic N) is 5. The number of benzene rings is 1. The lowest BCUT2D eigenvalue weighted by Crippen LogP contribution is -1.98. The first-order valence-corrected chi connectivity index (χ1v) is 7.56. The Morgan fingerprint density at radius 1 is 1.30 bits per heavy atom. The molecule has 6 nitrogen and oxygen atoms in total. The molecule has 3 aromatic rings. The van der Waals surface area contributed by atoms with Gasteiger partial charge >= 0.3 is 0 Å². The first-order chi connectivity index (χ1) is 9.78. The summed E-state index contributed by atoms with van der Waals surface area (Å²) in [6.45, 7) is -0.124. The monoisotopic (exact) mass is 325 g/mol. The Kier molecular flexibility index (Phi) is 3.97. The van der Waals surface area contributed by atoms with E-state index in [9.17, 15) is 0 Å². The van der Waals surface area contributed by atoms with E-state index in [-0.39, 0.29) is 6.61 Å². The number of halogens is 1. The summed E-state index contributed by atoms with van der Waals surface area (Å²) in [6.07, 6.45) is 0. The second-order valence-electron chi connectivity index (χ2n) is 3.66. The summed E-state index contributed by atoms with van der Waals surface area (Å²) in [6, 6.07) is 9.57. The zero-order valence-electron chi connectivity index (χ0n) is 9.97. The van der Waals surface area contributed by atoms with Gasteiger partial charge in [-0.15, -0.1) is 16.4 Å². The molecular formula is C11H8ClN5OS2. The molecule has 0 spiro atoms. The van der Waals surface area contributed by atoms with Crippen LogP contribution in [0.1, 0.15) is 4.88 Å². The van der Waals surface area contributed by atoms with Crippen LogP contribution < -0.4 is 0 Å². The van der Waals surface area contributed by atoms with Crippen LogP contribution in [0, 0.1) is 0 Å². The second-order valence-corrected chi connectivity index (χ2v) is 6.32. The first-order valence-electron chi connectivity index (χ1n) is 5.55. The van der Waals surface area contributed by atoms with Crippen LogP contribution in [0.15, 0.2) is 39.8 Å². The topological polar surface area (TPSA) is 76.7 Å². The van der Waals surface area contributed by atoms with Crippen LogP contribution in [0.3, 0.4) is 0 Å². The van der Waals surface area contributed by atoms with E-state index in [0.29, 0.717) is 19.5 Å². The van der Waals surface area contributed by atoms with Crippen LogP contribution in [-0.4, -0.2) is 30.3 Å². The normalized spacial score (nSPS) is 10.9. The van der Waals surface area contributed by atoms with Crippen molar-refractivity contribution >= 4 is 34.7 Å². The quantitative estimate of drug-likeness (QED) is 0.793. The zero-order chi connectivity index (χ0) is 13.9. The Morgan fingerprint density at radius 3 is 2.80 bits per heavy atom. The number of tetrazole rings is 1. The van der Waals surface area contributed by atoms with Gasteiger partial charge in [0.05, 0.1) is 17.2 Å². The molecule has 3 rings (SSSR count). The van der Waals surface area contributed by atoms with Crippen LogP contribution in [-0.2, 0) is 6.61 Å². The second kappa shape index (κ2) is 5.88. The molecular weight excluding hydrogens is 318 g/mol. The van der Waals surface area contributed by atoms with Crippen LogP contribution in [0.4, 0.5) is 0 Å². The lowest BCUT2D eigenvalue weighted by atomic mass is 10.3. The fourth-order valence-electron chi connectivity index (χ4n) is 1.51. The highest BCUT2D eigenvalue weighted by Gasteiger charge is 2.14. The van der Waals surface area contributed by atoms with E-state index in [4.69, 9.17) is 16.7 Å². The van der Waals surface area contributed by atoms with E-state index in [2.05, 4.69) is 20.5 Å². The standard InChI is InChI=1S/C11H8ClN5OS2/c12-9-8(6-18)19-11(13-9)20-10-14-15-16-17(10)7-4-2-1-3-5-7/h1-5,18H,6H2. The van der Waals surface area contributed by atoms with E-state index in [1.54, 1.807) is 4.68 Å². The Bertz CT molecular complexity index is 715. The SMILES string of the molecule is OCc1sc(Sc2nnnn2-c2ccccc2)nc1Cl. The van der Waals surface area contributed by atoms with Crippen molar-refractivity contribution in [3.8, 4) is 5.69 Å². The van der Waals surface area contributed by atoms with Crippen molar-refractivity contribution in [2.24, 2.45) is 0 Å². The van der Waals surface area contributed by atoms with E-state index in [1.807, 2.05) is 30.3 Å². The molecule has 2 aromatic heterocycles. The largest absolute Gasteiger partial charge is 0.391 e. The number of hydrogen-bond donors (Lipinski definition) is 1. The Balaban J connectivity index is 1.90. The van der Waals surface area contributed by atoms with Gasteiger partial charge in [0.15, 0.2) is 4.34 Å². The Morgan fingerprint density at radius 2 is 2.10 bits per heavy atom. The summed E-state index contributed by atoms with van der Waals surface area (Å²) in [4.78, 5) is 4.80. The highest BCUT2D eigenvalue weighted by molar-refractivity contribution is 8.00. The van der Waals surface area contributed by atoms with Gasteiger partial charge in [-0.05, 0) is 34.3 Å². The molecule has 102 valence electrons. The molecule has 9 heteroatoms. The molecule has 0 unspecified atom stereocenters. The molecule has 0 fully saturated rings. The molecule has 0 aliphatic heterocycles. The number of aliphatic hydroxyl groups is 1. The Hall–Kier alpha value is -1.48. The molecule has 0 bridgehead atoms. The molecule has 0 aliphatic rings. The number of hydrogen-bond acceptors (Lipinski definition) is 7. The van der Waals surface area contributed by atoms with Crippen molar-refractivity contribution < 1.29 is 5.11 Å². The summed E-state index contributed by atoms with van der Waals surface area (Å²) in [5.74, 6) is 0. The summed E-state index contributed by atoms with van der Waals surface area (Å²) in [5.41, 5.74) is 0.866. The molecule has 0 radical (unpaired) electrons. The fraction of sp³-hybridized carbons (Fsp3) is 0.0909. The highest BCUT2D eigenvalue weighted by atomic mass is 35.5. The van der Waals surface area contributed by atoms with E-state index in [1.165, 1.54) is 23.1 Å². The van der Waals surface area contributed by atoms with Gasteiger partial charge < -0.3 is 5.11 Å². The van der Waals surface area contributed by atoms with Crippen LogP contribution in [0.5, 0.6) is 0 Å². The third kappa shape index (κ3) is 2.68. The zero-order valence-corrected chi connectivity index (χ0v) is 12.4. The fourth-order valence-corrected chi connectivity index (χ4v) is 3.70. The maximum Gasteiger partial charge on any atom is 0.221 e. The van der Waals surface area contributed by atoms with Crippen LogP contribution >= 0.6 is 34.7 Å². The van der Waals surface area contributed by atoms with E-state index < -0.39 is 0 Å². The van der Waals surface area contributed by atoms with Crippen LogP contribution in [0.25, 0.3) is 5.69 Å². The summed E-state index contributed by atoms with van der Waals surface area (Å²) >= 11 is 8.54. The number of aliphatic hydroxyl groups excluding tert-OH is 1. The number of aromatic nitrogens is 5. The van der Waals surface area contributed by atoms with Gasteiger partial charge in [0.2, 0.25) is 5.16 Å². The van der Waals surface area contributed by atoms with Crippen molar-refractivity contribution in [3.05, 3.63) is 40.4 Å². The number of para-hydroxylation sites is 1. The van der Waals surface area contributed by atoms with Crippen molar-refractivity contribution in [2.75, 3.05) is 0 Å². The summed E-state index contributed by atoms with van der Waals surface area (Å²) in [7, 11) is 0. The van der Waals surface area contributed by atoms with Gasteiger partial charge in [-0.3, -0.25) is 0 Å². The van der Waals surface area contributed by atoms with E-state index >= 15 is 0 Å². The molecule has 2 heterocycles. The van der Waals surface area contributed by atoms with Gasteiger partial charge in [0, 0.05) is 0 Å². The maximum absolute atomic E-state index is 9.12. The predicted molar refractivity (Wildman–Crippen MR) is 76.3 cm³/mol. The molecule has 0 saturated carbocycles. The minimum Gasteiger partial charge on any atom is -0.391 e. The number of thiazole rings is 1. The lowest BCUT2D eigenvalue weighted by molar-refractivity contribution is 0.285. The van der Waals surface area contributed by atoms with Crippen molar-refractivity contribution in [3.63, 3.8) is 0 Å². The molecule has 0 aliphatic carbocycles. The van der Waals surface area contributed by atoms with Crippen molar-refractivity contribution in [2.45, 2.75) is 16.1 Å². The Labute approximate surface area is 127 Å². The molecule has 0 amide bonds.